The van der Waals surface area contributed by atoms with E-state index < -0.39 is 0 Å². The molecule has 4 nitrogen and oxygen atoms in total. The largest absolute Gasteiger partial charge is 0.475 e. The maximum Gasteiger partial charge on any atom is 0.220 e. The van der Waals surface area contributed by atoms with E-state index in [4.69, 9.17) is 27.9 Å². The number of nitrogens with one attached hydrogen (secondary N) is 1. The van der Waals surface area contributed by atoms with Crippen LogP contribution in [-0.4, -0.2) is 30.1 Å². The lowest BCUT2D eigenvalue weighted by Crippen LogP contribution is -2.51. The first-order valence-corrected chi connectivity index (χ1v) is 8.96. The highest BCUT2D eigenvalue weighted by Gasteiger charge is 2.43. The number of halogens is 2. The monoisotopic (exact) mass is 354 g/mol. The van der Waals surface area contributed by atoms with Crippen LogP contribution in [0.25, 0.3) is 0 Å². The Bertz CT molecular complexity index is 652. The van der Waals surface area contributed by atoms with Crippen molar-refractivity contribution in [1.82, 2.24) is 10.2 Å². The Hall–Kier alpha value is -0.970. The lowest BCUT2D eigenvalue weighted by molar-refractivity contribution is -0.121. The third-order valence-corrected chi connectivity index (χ3v) is 6.27. The molecule has 0 saturated carbocycles. The fraction of sp³-hybridized carbons (Fsp3) is 0.588. The summed E-state index contributed by atoms with van der Waals surface area (Å²) in [4.78, 5) is 14.0. The van der Waals surface area contributed by atoms with Gasteiger partial charge in [0.25, 0.3) is 0 Å². The van der Waals surface area contributed by atoms with Crippen LogP contribution < -0.4 is 10.1 Å². The molecule has 1 spiro atoms. The average molecular weight is 355 g/mol. The molecule has 2 fully saturated rings. The summed E-state index contributed by atoms with van der Waals surface area (Å²) in [6.07, 6.45) is 4.80. The van der Waals surface area contributed by atoms with Gasteiger partial charge in [0.15, 0.2) is 6.23 Å². The number of carbonyl (C=O) groups is 1. The molecule has 1 aromatic carbocycles. The highest BCUT2D eigenvalue weighted by atomic mass is 35.5. The zero-order valence-electron chi connectivity index (χ0n) is 12.9. The van der Waals surface area contributed by atoms with Crippen molar-refractivity contribution < 1.29 is 9.53 Å². The quantitative estimate of drug-likeness (QED) is 0.773. The van der Waals surface area contributed by atoms with Crippen LogP contribution >= 0.6 is 23.2 Å². The molecule has 2 unspecified atom stereocenters. The summed E-state index contributed by atoms with van der Waals surface area (Å²) in [5, 5.41) is 4.11. The molecule has 0 bridgehead atoms. The number of rotatable bonds is 0. The minimum Gasteiger partial charge on any atom is -0.475 e. The third kappa shape index (κ3) is 2.92. The summed E-state index contributed by atoms with van der Waals surface area (Å²) in [5.74, 6) is 1.03. The second-order valence-electron chi connectivity index (χ2n) is 6.97. The molecule has 6 heteroatoms. The van der Waals surface area contributed by atoms with Crippen molar-refractivity contribution >= 4 is 29.1 Å². The van der Waals surface area contributed by atoms with Gasteiger partial charge in [0.2, 0.25) is 5.91 Å². The Labute approximate surface area is 146 Å². The lowest BCUT2D eigenvalue weighted by atomic mass is 9.72. The number of carbonyl (C=O) groups excluding carboxylic acids is 1. The molecule has 3 heterocycles. The van der Waals surface area contributed by atoms with Gasteiger partial charge in [-0.2, -0.15) is 0 Å². The van der Waals surface area contributed by atoms with E-state index in [1.165, 1.54) is 0 Å². The summed E-state index contributed by atoms with van der Waals surface area (Å²) in [6, 6.07) is 3.74. The molecule has 3 aliphatic heterocycles. The fourth-order valence-corrected chi connectivity index (χ4v) is 4.45. The minimum absolute atomic E-state index is 0.0710. The van der Waals surface area contributed by atoms with Crippen LogP contribution in [0.15, 0.2) is 12.1 Å². The third-order valence-electron chi connectivity index (χ3n) is 5.54. The van der Waals surface area contributed by atoms with Crippen molar-refractivity contribution in [2.24, 2.45) is 5.41 Å². The SMILES string of the molecule is O=C1CCC2(CCN1)CCN1Cc3cc(Cl)c(Cl)cc3OC1C2. The molecule has 2 atom stereocenters. The van der Waals surface area contributed by atoms with Crippen LogP contribution in [0.4, 0.5) is 0 Å². The first-order chi connectivity index (χ1) is 11.0. The van der Waals surface area contributed by atoms with Gasteiger partial charge in [-0.05, 0) is 30.7 Å². The molecule has 2 saturated heterocycles. The molecule has 1 N–H and O–H groups in total. The predicted octanol–water partition coefficient (Wildman–Crippen LogP) is 3.59. The van der Waals surface area contributed by atoms with Crippen molar-refractivity contribution in [2.45, 2.75) is 44.9 Å². The smallest absolute Gasteiger partial charge is 0.220 e. The maximum absolute atomic E-state index is 11.6. The van der Waals surface area contributed by atoms with Gasteiger partial charge >= 0.3 is 0 Å². The number of piperidine rings is 1. The Morgan fingerprint density at radius 1 is 1.22 bits per heavy atom. The van der Waals surface area contributed by atoms with Crippen molar-refractivity contribution in [2.75, 3.05) is 13.1 Å². The first kappa shape index (κ1) is 15.6. The molecule has 0 aliphatic carbocycles. The van der Waals surface area contributed by atoms with E-state index in [2.05, 4.69) is 10.2 Å². The average Bonchev–Trinajstić information content (AvgIpc) is 2.69. The lowest BCUT2D eigenvalue weighted by Gasteiger charge is -2.48. The molecule has 124 valence electrons. The van der Waals surface area contributed by atoms with Crippen molar-refractivity contribution in [3.8, 4) is 5.75 Å². The van der Waals surface area contributed by atoms with E-state index in [0.717, 1.165) is 56.6 Å². The summed E-state index contributed by atoms with van der Waals surface area (Å²) < 4.78 is 6.24. The second-order valence-corrected chi connectivity index (χ2v) is 7.79. The van der Waals surface area contributed by atoms with Gasteiger partial charge in [-0.25, -0.2) is 0 Å². The number of ether oxygens (including phenoxy) is 1. The Morgan fingerprint density at radius 3 is 2.91 bits per heavy atom. The fourth-order valence-electron chi connectivity index (χ4n) is 4.11. The molecule has 0 aromatic heterocycles. The normalized spacial score (nSPS) is 30.9. The zero-order chi connectivity index (χ0) is 16.0. The van der Waals surface area contributed by atoms with E-state index in [1.54, 1.807) is 0 Å². The molecule has 3 aliphatic rings. The number of nitrogens with zero attached hydrogens (tertiary/aromatic N) is 1. The predicted molar refractivity (Wildman–Crippen MR) is 89.8 cm³/mol. The van der Waals surface area contributed by atoms with Crippen LogP contribution in [0, 0.1) is 5.41 Å². The molecular formula is C17H20Cl2N2O2. The van der Waals surface area contributed by atoms with Crippen LogP contribution in [0.5, 0.6) is 5.75 Å². The molecular weight excluding hydrogens is 335 g/mol. The highest BCUT2D eigenvalue weighted by Crippen LogP contribution is 2.46. The van der Waals surface area contributed by atoms with E-state index in [9.17, 15) is 4.79 Å². The first-order valence-electron chi connectivity index (χ1n) is 8.20. The second kappa shape index (κ2) is 5.83. The van der Waals surface area contributed by atoms with Gasteiger partial charge in [0.1, 0.15) is 5.75 Å². The molecule has 1 amide bonds. The minimum atomic E-state index is 0.0710. The highest BCUT2D eigenvalue weighted by molar-refractivity contribution is 6.42. The van der Waals surface area contributed by atoms with Gasteiger partial charge < -0.3 is 10.1 Å². The molecule has 0 radical (unpaired) electrons. The van der Waals surface area contributed by atoms with Gasteiger partial charge in [-0.1, -0.05) is 23.2 Å². The van der Waals surface area contributed by atoms with E-state index in [1.807, 2.05) is 12.1 Å². The van der Waals surface area contributed by atoms with Gasteiger partial charge in [0.05, 0.1) is 10.0 Å². The van der Waals surface area contributed by atoms with Gasteiger partial charge in [0, 0.05) is 44.1 Å². The number of fused-ring (bicyclic) bond motifs is 2. The summed E-state index contributed by atoms with van der Waals surface area (Å²) >= 11 is 12.3. The van der Waals surface area contributed by atoms with E-state index in [0.29, 0.717) is 16.5 Å². The summed E-state index contributed by atoms with van der Waals surface area (Å²) in [6.45, 7) is 2.63. The molecule has 23 heavy (non-hydrogen) atoms. The standard InChI is InChI=1S/C17H20Cl2N2O2/c18-12-7-11-10-21-6-4-17(2-1-15(22)20-5-3-17)9-16(21)23-14(11)8-13(12)19/h7-8,16H,1-6,9-10H2,(H,20,22). The number of benzene rings is 1. The molecule has 4 rings (SSSR count). The van der Waals surface area contributed by atoms with Crippen LogP contribution in [0.2, 0.25) is 10.0 Å². The van der Waals surface area contributed by atoms with Gasteiger partial charge in [-0.3, -0.25) is 9.69 Å². The van der Waals surface area contributed by atoms with Crippen molar-refractivity contribution in [1.29, 1.82) is 0 Å². The molecule has 1 aromatic rings. The van der Waals surface area contributed by atoms with Crippen molar-refractivity contribution in [3.63, 3.8) is 0 Å². The van der Waals surface area contributed by atoms with E-state index in [-0.39, 0.29) is 17.6 Å². The Kier molecular flexibility index (Phi) is 3.94. The number of hydrogen-bond acceptors (Lipinski definition) is 3. The van der Waals surface area contributed by atoms with Crippen molar-refractivity contribution in [3.05, 3.63) is 27.7 Å². The summed E-state index contributed by atoms with van der Waals surface area (Å²) in [7, 11) is 0. The number of amides is 1. The van der Waals surface area contributed by atoms with Crippen LogP contribution in [0.1, 0.15) is 37.7 Å². The summed E-state index contributed by atoms with van der Waals surface area (Å²) in [5.41, 5.74) is 1.32. The zero-order valence-corrected chi connectivity index (χ0v) is 14.4. The Morgan fingerprint density at radius 2 is 2.04 bits per heavy atom. The van der Waals surface area contributed by atoms with Crippen LogP contribution in [0.3, 0.4) is 0 Å². The van der Waals surface area contributed by atoms with E-state index >= 15 is 0 Å². The van der Waals surface area contributed by atoms with Gasteiger partial charge in [-0.15, -0.1) is 0 Å². The number of hydrogen-bond donors (Lipinski definition) is 1. The maximum atomic E-state index is 11.6. The van der Waals surface area contributed by atoms with Crippen LogP contribution in [-0.2, 0) is 11.3 Å². The Balaban J connectivity index is 1.56. The topological polar surface area (TPSA) is 41.6 Å².